The molecule has 212 valence electrons. The van der Waals surface area contributed by atoms with Gasteiger partial charge in [0.15, 0.2) is 5.69 Å². The molecule has 0 saturated heterocycles. The lowest BCUT2D eigenvalue weighted by atomic mass is 9.89. The van der Waals surface area contributed by atoms with E-state index in [-0.39, 0.29) is 46.8 Å². The standard InChI is InChI=1S/C24H34F3N5O4S2/c1-5-32-22(18-14-29-20(12-19(18)36-3)28-10-11-37-24(25,26)27)15(2)21(31-32)23(33)30-13-16-6-8-17(9-7-16)38(4,34)35/h12,14,16-17H,5-11,13H2,1-4H3,(H,28,29)(H,30,33). The number of nitrogens with zero attached hydrogens (tertiary/aromatic N) is 3. The van der Waals surface area contributed by atoms with Gasteiger partial charge in [0.25, 0.3) is 5.91 Å². The smallest absolute Gasteiger partial charge is 0.441 e. The van der Waals surface area contributed by atoms with Gasteiger partial charge < -0.3 is 15.4 Å². The number of sulfone groups is 1. The highest BCUT2D eigenvalue weighted by Gasteiger charge is 2.29. The Hall–Kier alpha value is -2.48. The monoisotopic (exact) mass is 577 g/mol. The second kappa shape index (κ2) is 12.6. The molecule has 2 aromatic rings. The lowest BCUT2D eigenvalue weighted by Gasteiger charge is -2.27. The van der Waals surface area contributed by atoms with Gasteiger partial charge >= 0.3 is 5.51 Å². The van der Waals surface area contributed by atoms with Crippen LogP contribution in [0.2, 0.25) is 0 Å². The van der Waals surface area contributed by atoms with Crippen LogP contribution in [-0.2, 0) is 16.4 Å². The van der Waals surface area contributed by atoms with E-state index in [2.05, 4.69) is 20.7 Å². The molecule has 3 rings (SSSR count). The molecule has 9 nitrogen and oxygen atoms in total. The molecule has 38 heavy (non-hydrogen) atoms. The maximum atomic E-state index is 13.0. The number of hydrogen-bond acceptors (Lipinski definition) is 8. The number of carbonyl (C=O) groups is 1. The molecule has 0 radical (unpaired) electrons. The summed E-state index contributed by atoms with van der Waals surface area (Å²) in [5, 5.41) is 10.0. The van der Waals surface area contributed by atoms with Crippen molar-refractivity contribution in [2.45, 2.75) is 56.8 Å². The number of thioether (sulfide) groups is 1. The normalized spacial score (nSPS) is 18.3. The zero-order chi connectivity index (χ0) is 28.1. The molecule has 0 bridgehead atoms. The summed E-state index contributed by atoms with van der Waals surface area (Å²) < 4.78 is 67.8. The van der Waals surface area contributed by atoms with Crippen LogP contribution in [0.25, 0.3) is 11.3 Å². The lowest BCUT2D eigenvalue weighted by Crippen LogP contribution is -2.34. The van der Waals surface area contributed by atoms with E-state index in [0.29, 0.717) is 54.3 Å². The number of amides is 1. The van der Waals surface area contributed by atoms with Gasteiger partial charge in [-0.2, -0.15) is 18.3 Å². The van der Waals surface area contributed by atoms with Gasteiger partial charge in [-0.3, -0.25) is 9.48 Å². The van der Waals surface area contributed by atoms with E-state index in [1.165, 1.54) is 13.4 Å². The fourth-order valence-electron chi connectivity index (χ4n) is 4.65. The van der Waals surface area contributed by atoms with Crippen LogP contribution in [0.4, 0.5) is 19.0 Å². The first-order chi connectivity index (χ1) is 17.8. The van der Waals surface area contributed by atoms with Crippen molar-refractivity contribution in [3.63, 3.8) is 0 Å². The zero-order valence-electron chi connectivity index (χ0n) is 21.9. The number of nitrogens with one attached hydrogen (secondary N) is 2. The number of carbonyl (C=O) groups excluding carboxylic acids is 1. The number of rotatable bonds is 11. The van der Waals surface area contributed by atoms with E-state index in [9.17, 15) is 26.4 Å². The Balaban J connectivity index is 1.70. The number of pyridine rings is 1. The van der Waals surface area contributed by atoms with Crippen molar-refractivity contribution in [1.82, 2.24) is 20.1 Å². The van der Waals surface area contributed by atoms with Crippen LogP contribution in [0.15, 0.2) is 12.3 Å². The molecule has 2 heterocycles. The van der Waals surface area contributed by atoms with Gasteiger partial charge in [0, 0.05) is 49.5 Å². The molecule has 14 heteroatoms. The minimum atomic E-state index is -4.28. The summed E-state index contributed by atoms with van der Waals surface area (Å²) in [6.07, 6.45) is 5.51. The molecule has 1 saturated carbocycles. The molecule has 0 atom stereocenters. The van der Waals surface area contributed by atoms with Crippen molar-refractivity contribution in [3.8, 4) is 17.0 Å². The van der Waals surface area contributed by atoms with Crippen molar-refractivity contribution < 1.29 is 31.1 Å². The number of methoxy groups -OCH3 is 1. The van der Waals surface area contributed by atoms with Crippen LogP contribution < -0.4 is 15.4 Å². The van der Waals surface area contributed by atoms with Crippen molar-refractivity contribution in [2.75, 3.05) is 37.5 Å². The number of anilines is 1. The molecular weight excluding hydrogens is 543 g/mol. The average molecular weight is 578 g/mol. The Labute approximate surface area is 225 Å². The highest BCUT2D eigenvalue weighted by atomic mass is 32.2. The van der Waals surface area contributed by atoms with E-state index in [0.717, 1.165) is 12.8 Å². The number of alkyl halides is 3. The predicted octanol–water partition coefficient (Wildman–Crippen LogP) is 4.28. The van der Waals surface area contributed by atoms with Crippen LogP contribution in [0.3, 0.4) is 0 Å². The van der Waals surface area contributed by atoms with Crippen molar-refractivity contribution >= 4 is 33.3 Å². The quantitative estimate of drug-likeness (QED) is 0.381. The minimum absolute atomic E-state index is 0.0752. The summed E-state index contributed by atoms with van der Waals surface area (Å²) in [5.74, 6) is 0.557. The Morgan fingerprint density at radius 3 is 2.53 bits per heavy atom. The summed E-state index contributed by atoms with van der Waals surface area (Å²) >= 11 is -0.106. The number of halogens is 3. The highest BCUT2D eigenvalue weighted by molar-refractivity contribution is 8.00. The SMILES string of the molecule is CCn1nc(C(=O)NCC2CCC(S(C)(=O)=O)CC2)c(C)c1-c1cnc(NCCSC(F)(F)F)cc1OC. The molecule has 2 aromatic heterocycles. The van der Waals surface area contributed by atoms with E-state index in [1.54, 1.807) is 23.9 Å². The minimum Gasteiger partial charge on any atom is -0.496 e. The van der Waals surface area contributed by atoms with Crippen molar-refractivity contribution in [2.24, 2.45) is 5.92 Å². The predicted molar refractivity (Wildman–Crippen MR) is 142 cm³/mol. The van der Waals surface area contributed by atoms with Gasteiger partial charge in [0.2, 0.25) is 0 Å². The number of ether oxygens (including phenoxy) is 1. The highest BCUT2D eigenvalue weighted by Crippen LogP contribution is 2.35. The Bertz CT molecular complexity index is 1230. The maximum Gasteiger partial charge on any atom is 0.441 e. The third-order valence-corrected chi connectivity index (χ3v) is 9.09. The van der Waals surface area contributed by atoms with Crippen LogP contribution >= 0.6 is 11.8 Å². The number of aromatic nitrogens is 3. The van der Waals surface area contributed by atoms with Crippen LogP contribution in [-0.4, -0.2) is 72.1 Å². The van der Waals surface area contributed by atoms with Crippen LogP contribution in [0.1, 0.15) is 48.7 Å². The average Bonchev–Trinajstić information content (AvgIpc) is 3.20. The maximum absolute atomic E-state index is 13.0. The molecule has 1 fully saturated rings. The Kier molecular flexibility index (Phi) is 9.96. The fourth-order valence-corrected chi connectivity index (χ4v) is 6.21. The molecule has 0 spiro atoms. The lowest BCUT2D eigenvalue weighted by molar-refractivity contribution is -0.0327. The second-order valence-electron chi connectivity index (χ2n) is 9.31. The molecule has 2 N–H and O–H groups in total. The van der Waals surface area contributed by atoms with Gasteiger partial charge in [0.1, 0.15) is 21.4 Å². The van der Waals surface area contributed by atoms with Gasteiger partial charge in [-0.05, 0) is 57.2 Å². The summed E-state index contributed by atoms with van der Waals surface area (Å²) in [6, 6.07) is 1.60. The van der Waals surface area contributed by atoms with Gasteiger partial charge in [0.05, 0.1) is 23.6 Å². The number of hydrogen-bond donors (Lipinski definition) is 2. The first-order valence-corrected chi connectivity index (χ1v) is 15.3. The molecule has 0 unspecified atom stereocenters. The summed E-state index contributed by atoms with van der Waals surface area (Å²) in [5.41, 5.74) is -2.09. The Morgan fingerprint density at radius 2 is 1.95 bits per heavy atom. The molecular formula is C24H34F3N5O4S2. The molecule has 1 aliphatic carbocycles. The van der Waals surface area contributed by atoms with Gasteiger partial charge in [-0.25, -0.2) is 13.4 Å². The topological polar surface area (TPSA) is 115 Å². The van der Waals surface area contributed by atoms with Gasteiger partial charge in [-0.1, -0.05) is 0 Å². The van der Waals surface area contributed by atoms with Crippen molar-refractivity contribution in [3.05, 3.63) is 23.5 Å². The van der Waals surface area contributed by atoms with Crippen LogP contribution in [0, 0.1) is 12.8 Å². The molecule has 1 aliphatic rings. The largest absolute Gasteiger partial charge is 0.496 e. The van der Waals surface area contributed by atoms with Gasteiger partial charge in [-0.15, -0.1) is 0 Å². The third-order valence-electron chi connectivity index (χ3n) is 6.67. The summed E-state index contributed by atoms with van der Waals surface area (Å²) in [6.45, 7) is 4.69. The molecule has 1 amide bonds. The molecule has 0 aliphatic heterocycles. The zero-order valence-corrected chi connectivity index (χ0v) is 23.5. The molecule has 0 aromatic carbocycles. The first-order valence-electron chi connectivity index (χ1n) is 12.4. The Morgan fingerprint density at radius 1 is 1.26 bits per heavy atom. The fraction of sp³-hybridized carbons (Fsp3) is 0.625. The first kappa shape index (κ1) is 30.1. The second-order valence-corrected chi connectivity index (χ2v) is 12.8. The van der Waals surface area contributed by atoms with E-state index in [1.807, 2.05) is 6.92 Å². The van der Waals surface area contributed by atoms with Crippen LogP contribution in [0.5, 0.6) is 5.75 Å². The number of aryl methyl sites for hydroxylation is 1. The van der Waals surface area contributed by atoms with E-state index in [4.69, 9.17) is 4.74 Å². The van der Waals surface area contributed by atoms with E-state index >= 15 is 0 Å². The van der Waals surface area contributed by atoms with Crippen molar-refractivity contribution in [1.29, 1.82) is 0 Å². The van der Waals surface area contributed by atoms with E-state index < -0.39 is 15.3 Å². The third kappa shape index (κ3) is 7.78. The summed E-state index contributed by atoms with van der Waals surface area (Å²) in [4.78, 5) is 17.4. The summed E-state index contributed by atoms with van der Waals surface area (Å²) in [7, 11) is -1.56.